The second kappa shape index (κ2) is 11.1. The predicted octanol–water partition coefficient (Wildman–Crippen LogP) is 8.77. The van der Waals surface area contributed by atoms with Gasteiger partial charge in [0.2, 0.25) is 0 Å². The van der Waals surface area contributed by atoms with E-state index in [0.29, 0.717) is 0 Å². The summed E-state index contributed by atoms with van der Waals surface area (Å²) < 4.78 is 5.35. The maximum atomic E-state index is 5.35. The lowest BCUT2D eigenvalue weighted by molar-refractivity contribution is 0.0710. The quantitative estimate of drug-likeness (QED) is 0.389. The molecule has 4 rings (SSSR count). The lowest BCUT2D eigenvalue weighted by Gasteiger charge is -2.45. The summed E-state index contributed by atoms with van der Waals surface area (Å²) in [5.41, 5.74) is 1.55. The number of methoxy groups -OCH3 is 1. The molecule has 3 saturated carbocycles. The van der Waals surface area contributed by atoms with Gasteiger partial charge in [-0.2, -0.15) is 0 Å². The first-order chi connectivity index (χ1) is 14.8. The topological polar surface area (TPSA) is 9.23 Å². The molecule has 0 radical (unpaired) electrons. The van der Waals surface area contributed by atoms with Crippen LogP contribution < -0.4 is 4.74 Å². The summed E-state index contributed by atoms with van der Waals surface area (Å²) in [4.78, 5) is 0. The zero-order valence-electron chi connectivity index (χ0n) is 19.8. The van der Waals surface area contributed by atoms with Gasteiger partial charge >= 0.3 is 0 Å². The predicted molar refractivity (Wildman–Crippen MR) is 128 cm³/mol. The highest BCUT2D eigenvalue weighted by atomic mass is 16.5. The lowest BCUT2D eigenvalue weighted by atomic mass is 9.60. The van der Waals surface area contributed by atoms with Gasteiger partial charge < -0.3 is 4.74 Å². The van der Waals surface area contributed by atoms with Crippen LogP contribution in [-0.2, 0) is 0 Å². The Morgan fingerprint density at radius 1 is 0.700 bits per heavy atom. The molecule has 0 amide bonds. The molecule has 0 N–H and O–H groups in total. The van der Waals surface area contributed by atoms with Gasteiger partial charge in [0.25, 0.3) is 0 Å². The number of rotatable bonds is 8. The van der Waals surface area contributed by atoms with Gasteiger partial charge in [0.05, 0.1) is 7.11 Å². The Bertz CT molecular complexity index is 612. The molecule has 0 bridgehead atoms. The molecule has 1 aromatic carbocycles. The Labute approximate surface area is 186 Å². The van der Waals surface area contributed by atoms with Crippen LogP contribution in [0.15, 0.2) is 24.3 Å². The van der Waals surface area contributed by atoms with Crippen LogP contribution in [0.4, 0.5) is 0 Å². The van der Waals surface area contributed by atoms with Crippen LogP contribution in [0.2, 0.25) is 0 Å². The van der Waals surface area contributed by atoms with E-state index < -0.39 is 0 Å². The molecule has 0 aromatic heterocycles. The van der Waals surface area contributed by atoms with E-state index >= 15 is 0 Å². The zero-order chi connectivity index (χ0) is 20.8. The Hall–Kier alpha value is -0.980. The van der Waals surface area contributed by atoms with Gasteiger partial charge in [0.1, 0.15) is 5.75 Å². The van der Waals surface area contributed by atoms with Crippen molar-refractivity contribution in [2.45, 2.75) is 109 Å². The molecule has 3 fully saturated rings. The fourth-order valence-corrected chi connectivity index (χ4v) is 7.34. The SMILES string of the molecule is CCCCCCC1CCC(C2CCC3CC(c4ccc(OC)cc4)CCC3C2)CC1. The molecule has 1 aromatic rings. The summed E-state index contributed by atoms with van der Waals surface area (Å²) in [5.74, 6) is 7.00. The molecular weight excluding hydrogens is 364 g/mol. The maximum absolute atomic E-state index is 5.35. The first kappa shape index (κ1) is 22.2. The normalized spacial score (nSPS) is 34.3. The lowest BCUT2D eigenvalue weighted by Crippen LogP contribution is -2.34. The minimum absolute atomic E-state index is 0.789. The standard InChI is InChI=1S/C29H46O/c1-3-4-5-6-7-22-8-10-23(11-9-22)25-12-14-28-21-26(13-15-27(28)20-25)24-16-18-29(30-2)19-17-24/h16-19,22-23,25-28H,3-15,20-21H2,1-2H3. The van der Waals surface area contributed by atoms with Crippen LogP contribution in [-0.4, -0.2) is 7.11 Å². The van der Waals surface area contributed by atoms with Crippen molar-refractivity contribution in [2.75, 3.05) is 7.11 Å². The highest BCUT2D eigenvalue weighted by Gasteiger charge is 2.39. The molecule has 0 spiro atoms. The smallest absolute Gasteiger partial charge is 0.118 e. The van der Waals surface area contributed by atoms with Crippen LogP contribution in [0.3, 0.4) is 0 Å². The molecule has 1 nitrogen and oxygen atoms in total. The summed E-state index contributed by atoms with van der Waals surface area (Å²) in [6, 6.07) is 8.93. The van der Waals surface area contributed by atoms with E-state index in [2.05, 4.69) is 31.2 Å². The van der Waals surface area contributed by atoms with Gasteiger partial charge in [0, 0.05) is 0 Å². The van der Waals surface area contributed by atoms with E-state index in [4.69, 9.17) is 4.74 Å². The maximum Gasteiger partial charge on any atom is 0.118 e. The fourth-order valence-electron chi connectivity index (χ4n) is 7.34. The van der Waals surface area contributed by atoms with Gasteiger partial charge in [-0.3, -0.25) is 0 Å². The van der Waals surface area contributed by atoms with E-state index in [-0.39, 0.29) is 0 Å². The van der Waals surface area contributed by atoms with Crippen molar-refractivity contribution < 1.29 is 4.74 Å². The van der Waals surface area contributed by atoms with E-state index in [1.165, 1.54) is 64.2 Å². The highest BCUT2D eigenvalue weighted by molar-refractivity contribution is 5.29. The molecule has 1 heteroatoms. The van der Waals surface area contributed by atoms with Crippen molar-refractivity contribution in [3.63, 3.8) is 0 Å². The molecule has 30 heavy (non-hydrogen) atoms. The van der Waals surface area contributed by atoms with Crippen LogP contribution in [0.5, 0.6) is 5.75 Å². The first-order valence-electron chi connectivity index (χ1n) is 13.4. The van der Waals surface area contributed by atoms with Crippen molar-refractivity contribution in [3.8, 4) is 5.75 Å². The van der Waals surface area contributed by atoms with Crippen molar-refractivity contribution in [1.82, 2.24) is 0 Å². The summed E-state index contributed by atoms with van der Waals surface area (Å²) in [7, 11) is 1.76. The average Bonchev–Trinajstić information content (AvgIpc) is 2.81. The van der Waals surface area contributed by atoms with Gasteiger partial charge in [-0.15, -0.1) is 0 Å². The number of unbranched alkanes of at least 4 members (excludes halogenated alkanes) is 3. The number of fused-ring (bicyclic) bond motifs is 1. The Kier molecular flexibility index (Phi) is 8.19. The first-order valence-corrected chi connectivity index (χ1v) is 13.4. The number of benzene rings is 1. The van der Waals surface area contributed by atoms with Crippen LogP contribution >= 0.6 is 0 Å². The molecule has 0 saturated heterocycles. The minimum Gasteiger partial charge on any atom is -0.497 e. The second-order valence-corrected chi connectivity index (χ2v) is 11.0. The molecule has 3 aliphatic rings. The number of ether oxygens (including phenoxy) is 1. The molecule has 4 unspecified atom stereocenters. The number of hydrogen-bond donors (Lipinski definition) is 0. The minimum atomic E-state index is 0.789. The third kappa shape index (κ3) is 5.63. The summed E-state index contributed by atoms with van der Waals surface area (Å²) in [6.07, 6.45) is 22.4. The van der Waals surface area contributed by atoms with Gasteiger partial charge in [0.15, 0.2) is 0 Å². The molecule has 0 heterocycles. The highest BCUT2D eigenvalue weighted by Crippen LogP contribution is 2.51. The average molecular weight is 411 g/mol. The monoisotopic (exact) mass is 410 g/mol. The second-order valence-electron chi connectivity index (χ2n) is 11.0. The largest absolute Gasteiger partial charge is 0.497 e. The van der Waals surface area contributed by atoms with Crippen molar-refractivity contribution in [2.24, 2.45) is 29.6 Å². The van der Waals surface area contributed by atoms with Gasteiger partial charge in [-0.1, -0.05) is 64.0 Å². The number of hydrogen-bond acceptors (Lipinski definition) is 1. The summed E-state index contributed by atoms with van der Waals surface area (Å²) in [5, 5.41) is 0. The van der Waals surface area contributed by atoms with Crippen LogP contribution in [0.1, 0.15) is 115 Å². The molecule has 168 valence electrons. The Balaban J connectivity index is 1.21. The van der Waals surface area contributed by atoms with Crippen molar-refractivity contribution in [3.05, 3.63) is 29.8 Å². The van der Waals surface area contributed by atoms with Crippen LogP contribution in [0, 0.1) is 29.6 Å². The molecule has 3 aliphatic carbocycles. The van der Waals surface area contributed by atoms with E-state index in [1.807, 2.05) is 0 Å². The summed E-state index contributed by atoms with van der Waals surface area (Å²) >= 11 is 0. The fraction of sp³-hybridized carbons (Fsp3) is 0.793. The third-order valence-electron chi connectivity index (χ3n) is 9.26. The van der Waals surface area contributed by atoms with Gasteiger partial charge in [-0.05, 0) is 105 Å². The third-order valence-corrected chi connectivity index (χ3v) is 9.26. The van der Waals surface area contributed by atoms with Gasteiger partial charge in [-0.25, -0.2) is 0 Å². The summed E-state index contributed by atoms with van der Waals surface area (Å²) in [6.45, 7) is 2.32. The zero-order valence-corrected chi connectivity index (χ0v) is 19.8. The Morgan fingerprint density at radius 3 is 2.03 bits per heavy atom. The molecule has 0 aliphatic heterocycles. The van der Waals surface area contributed by atoms with E-state index in [9.17, 15) is 0 Å². The Morgan fingerprint density at radius 2 is 1.33 bits per heavy atom. The van der Waals surface area contributed by atoms with E-state index in [0.717, 1.165) is 41.3 Å². The molecular formula is C29H46O. The van der Waals surface area contributed by atoms with Crippen LogP contribution in [0.25, 0.3) is 0 Å². The van der Waals surface area contributed by atoms with E-state index in [1.54, 1.807) is 44.8 Å². The van der Waals surface area contributed by atoms with Crippen molar-refractivity contribution in [1.29, 1.82) is 0 Å². The van der Waals surface area contributed by atoms with Crippen molar-refractivity contribution >= 4 is 0 Å². The molecule has 4 atom stereocenters.